The number of fused-ring (bicyclic) bond motifs is 1. The van der Waals surface area contributed by atoms with Crippen molar-refractivity contribution in [3.8, 4) is 5.75 Å². The highest BCUT2D eigenvalue weighted by atomic mass is 19.1. The van der Waals surface area contributed by atoms with Crippen LogP contribution in [0.15, 0.2) is 29.5 Å². The Bertz CT molecular complexity index is 1010. The number of phenols is 1. The number of likely N-dealkylation sites (N-methyl/N-ethyl adjacent to an activating group) is 1. The van der Waals surface area contributed by atoms with Crippen molar-refractivity contribution in [2.24, 2.45) is 5.10 Å². The van der Waals surface area contributed by atoms with Gasteiger partial charge in [-0.15, -0.1) is 0 Å². The molecule has 2 aromatic rings. The van der Waals surface area contributed by atoms with Crippen molar-refractivity contribution >= 4 is 18.0 Å². The topological polar surface area (TPSA) is 93.3 Å². The van der Waals surface area contributed by atoms with E-state index in [1.807, 2.05) is 17.8 Å². The smallest absolute Gasteiger partial charge is 0.290 e. The fraction of sp³-hybridized carbons (Fsp3) is 0.500. The van der Waals surface area contributed by atoms with Gasteiger partial charge in [0.25, 0.3) is 6.47 Å². The zero-order valence-corrected chi connectivity index (χ0v) is 19.2. The molecule has 3 N–H and O–H groups in total. The van der Waals surface area contributed by atoms with Crippen LogP contribution in [-0.2, 0) is 11.3 Å². The number of benzene rings is 1. The average molecular weight is 458 g/mol. The van der Waals surface area contributed by atoms with E-state index in [0.29, 0.717) is 24.3 Å². The van der Waals surface area contributed by atoms with Crippen molar-refractivity contribution in [1.29, 1.82) is 0 Å². The summed E-state index contributed by atoms with van der Waals surface area (Å²) >= 11 is 0. The molecule has 0 spiro atoms. The molecule has 0 amide bonds. The molecule has 1 aliphatic carbocycles. The molecule has 1 aromatic heterocycles. The number of hydrazone groups is 1. The minimum atomic E-state index is -0.411. The number of nitrogens with one attached hydrogen (secondary N) is 1. The summed E-state index contributed by atoms with van der Waals surface area (Å²) in [6.45, 7) is 5.86. The second kappa shape index (κ2) is 9.82. The van der Waals surface area contributed by atoms with Crippen LogP contribution < -0.4 is 5.32 Å². The number of hydrogen-bond donors (Lipinski definition) is 3. The number of aromatic hydroxyl groups is 1. The first-order valence-electron chi connectivity index (χ1n) is 11.5. The van der Waals surface area contributed by atoms with E-state index in [-0.39, 0.29) is 17.8 Å². The first-order chi connectivity index (χ1) is 15.9. The number of aromatic nitrogens is 1. The summed E-state index contributed by atoms with van der Waals surface area (Å²) in [6, 6.07) is 5.79. The minimum Gasteiger partial charge on any atom is -0.507 e. The van der Waals surface area contributed by atoms with E-state index in [1.165, 1.54) is 6.42 Å². The molecule has 5 rings (SSSR count). The third-order valence-corrected chi connectivity index (χ3v) is 6.47. The maximum atomic E-state index is 15.1. The Kier molecular flexibility index (Phi) is 6.88. The third kappa shape index (κ3) is 5.13. The molecule has 0 unspecified atom stereocenters. The fourth-order valence-electron chi connectivity index (χ4n) is 4.74. The second-order valence-corrected chi connectivity index (χ2v) is 8.98. The molecule has 1 saturated carbocycles. The Morgan fingerprint density at radius 3 is 2.70 bits per heavy atom. The Morgan fingerprint density at radius 1 is 1.27 bits per heavy atom. The molecular formula is C24H32FN5O3. The van der Waals surface area contributed by atoms with Crippen molar-refractivity contribution in [2.75, 3.05) is 32.0 Å². The number of halogens is 1. The van der Waals surface area contributed by atoms with Crippen LogP contribution in [-0.4, -0.2) is 69.7 Å². The summed E-state index contributed by atoms with van der Waals surface area (Å²) in [5.41, 5.74) is 3.10. The van der Waals surface area contributed by atoms with E-state index in [4.69, 9.17) is 9.90 Å². The van der Waals surface area contributed by atoms with Gasteiger partial charge in [0.2, 0.25) is 0 Å². The molecule has 1 atom stereocenters. The SMILES string of the molecule is CCN1CCC[C@@H](Nc2cc3n(c2)C(c2c(O)cc(C4CC4)cc2F)=NN(C)C3)C1.O=CO. The molecule has 1 aromatic carbocycles. The second-order valence-electron chi connectivity index (χ2n) is 8.98. The van der Waals surface area contributed by atoms with E-state index in [9.17, 15) is 5.11 Å². The summed E-state index contributed by atoms with van der Waals surface area (Å²) in [6.07, 6.45) is 6.46. The van der Waals surface area contributed by atoms with Gasteiger partial charge in [-0.25, -0.2) is 4.39 Å². The van der Waals surface area contributed by atoms with Gasteiger partial charge in [0.15, 0.2) is 5.84 Å². The lowest BCUT2D eigenvalue weighted by Gasteiger charge is -2.32. The molecule has 2 aliphatic heterocycles. The van der Waals surface area contributed by atoms with Gasteiger partial charge in [-0.1, -0.05) is 6.92 Å². The highest BCUT2D eigenvalue weighted by Crippen LogP contribution is 2.42. The lowest BCUT2D eigenvalue weighted by atomic mass is 10.0. The number of hydrogen-bond acceptors (Lipinski definition) is 6. The largest absolute Gasteiger partial charge is 0.507 e. The number of carboxylic acid groups (broad SMARTS) is 1. The van der Waals surface area contributed by atoms with E-state index >= 15 is 4.39 Å². The van der Waals surface area contributed by atoms with Gasteiger partial charge < -0.3 is 20.4 Å². The van der Waals surface area contributed by atoms with E-state index in [1.54, 1.807) is 17.1 Å². The number of rotatable bonds is 5. The number of likely N-dealkylation sites (tertiary alicyclic amines) is 1. The van der Waals surface area contributed by atoms with Gasteiger partial charge in [0, 0.05) is 31.5 Å². The molecule has 2 fully saturated rings. The van der Waals surface area contributed by atoms with Crippen molar-refractivity contribution in [3.63, 3.8) is 0 Å². The average Bonchev–Trinajstić information content (AvgIpc) is 3.55. The first-order valence-corrected chi connectivity index (χ1v) is 11.5. The molecule has 3 heterocycles. The van der Waals surface area contributed by atoms with Crippen LogP contribution in [0.5, 0.6) is 5.75 Å². The van der Waals surface area contributed by atoms with Crippen molar-refractivity contribution in [2.45, 2.75) is 51.1 Å². The van der Waals surface area contributed by atoms with Gasteiger partial charge >= 0.3 is 0 Å². The van der Waals surface area contributed by atoms with Crippen molar-refractivity contribution in [1.82, 2.24) is 14.5 Å². The van der Waals surface area contributed by atoms with Crippen molar-refractivity contribution in [3.05, 3.63) is 47.0 Å². The molecule has 33 heavy (non-hydrogen) atoms. The monoisotopic (exact) mass is 457 g/mol. The van der Waals surface area contributed by atoms with Crippen LogP contribution in [0.1, 0.15) is 55.3 Å². The first kappa shape index (κ1) is 23.1. The zero-order valence-electron chi connectivity index (χ0n) is 19.2. The van der Waals surface area contributed by atoms with Gasteiger partial charge in [-0.3, -0.25) is 14.4 Å². The van der Waals surface area contributed by atoms with E-state index in [0.717, 1.165) is 55.8 Å². The number of phenolic OH excluding ortho intramolecular Hbond substituents is 1. The van der Waals surface area contributed by atoms with Gasteiger partial charge in [0.05, 0.1) is 17.8 Å². The predicted molar refractivity (Wildman–Crippen MR) is 125 cm³/mol. The Hall–Kier alpha value is -3.07. The zero-order chi connectivity index (χ0) is 23.5. The predicted octanol–water partition coefficient (Wildman–Crippen LogP) is 3.46. The molecule has 0 bridgehead atoms. The number of piperidine rings is 1. The van der Waals surface area contributed by atoms with E-state index in [2.05, 4.69) is 28.3 Å². The quantitative estimate of drug-likeness (QED) is 0.596. The van der Waals surface area contributed by atoms with Crippen molar-refractivity contribution < 1.29 is 19.4 Å². The number of anilines is 1. The van der Waals surface area contributed by atoms with Crippen LogP contribution in [0.2, 0.25) is 0 Å². The molecule has 3 aliphatic rings. The molecule has 0 radical (unpaired) electrons. The molecule has 8 nitrogen and oxygen atoms in total. The van der Waals surface area contributed by atoms with Crippen LogP contribution in [0, 0.1) is 5.82 Å². The molecular weight excluding hydrogens is 425 g/mol. The number of nitrogens with zero attached hydrogens (tertiary/aromatic N) is 4. The summed E-state index contributed by atoms with van der Waals surface area (Å²) in [5.74, 6) is 0.367. The van der Waals surface area contributed by atoms with Crippen LogP contribution >= 0.6 is 0 Å². The summed E-state index contributed by atoms with van der Waals surface area (Å²) in [4.78, 5) is 10.8. The molecule has 1 saturated heterocycles. The lowest BCUT2D eigenvalue weighted by molar-refractivity contribution is -0.122. The summed E-state index contributed by atoms with van der Waals surface area (Å²) in [5, 5.41) is 27.6. The van der Waals surface area contributed by atoms with Gasteiger partial charge in [-0.2, -0.15) is 5.10 Å². The fourth-order valence-corrected chi connectivity index (χ4v) is 4.74. The Morgan fingerprint density at radius 2 is 2.03 bits per heavy atom. The standard InChI is InChI=1S/C23H30FN5O.CH2O2/c1-3-28-8-4-5-17(12-28)25-18-11-19-14-27(2)26-23(29(19)13-18)22-20(24)9-16(10-21(22)30)15-6-7-15;2-1-3/h9-11,13,15,17,25,30H,3-8,12,14H2,1-2H3;1H,(H,2,3)/t17-;/m1./s1. The van der Waals surface area contributed by atoms with Gasteiger partial charge in [0.1, 0.15) is 11.6 Å². The van der Waals surface area contributed by atoms with Crippen LogP contribution in [0.25, 0.3) is 0 Å². The van der Waals surface area contributed by atoms with Gasteiger partial charge in [-0.05, 0) is 68.5 Å². The van der Waals surface area contributed by atoms with E-state index < -0.39 is 5.82 Å². The maximum absolute atomic E-state index is 15.1. The Labute approximate surface area is 193 Å². The highest BCUT2D eigenvalue weighted by molar-refractivity contribution is 6.04. The molecule has 178 valence electrons. The normalized spacial score (nSPS) is 20.4. The third-order valence-electron chi connectivity index (χ3n) is 6.47. The highest BCUT2D eigenvalue weighted by Gasteiger charge is 2.29. The molecule has 9 heteroatoms. The number of carbonyl (C=O) groups is 1. The summed E-state index contributed by atoms with van der Waals surface area (Å²) in [7, 11) is 1.87. The summed E-state index contributed by atoms with van der Waals surface area (Å²) < 4.78 is 17.0. The minimum absolute atomic E-state index is 0.0361. The lowest BCUT2D eigenvalue weighted by Crippen LogP contribution is -2.41. The van der Waals surface area contributed by atoms with Crippen LogP contribution in [0.4, 0.5) is 10.1 Å². The Balaban J connectivity index is 0.000000821. The maximum Gasteiger partial charge on any atom is 0.290 e. The van der Waals surface area contributed by atoms with Crippen LogP contribution in [0.3, 0.4) is 0 Å².